The Hall–Kier alpha value is -1.28. The second-order valence-corrected chi connectivity index (χ2v) is 5.75. The van der Waals surface area contributed by atoms with Gasteiger partial charge in [0.2, 0.25) is 0 Å². The molecule has 0 amide bonds. The Morgan fingerprint density at radius 2 is 1.94 bits per heavy atom. The number of nitrogens with zero attached hydrogens (tertiary/aromatic N) is 1. The molecule has 1 aromatic carbocycles. The Labute approximate surface area is 106 Å². The summed E-state index contributed by atoms with van der Waals surface area (Å²) in [6, 6.07) is 1.13. The summed E-state index contributed by atoms with van der Waals surface area (Å²) < 4.78 is 49.9. The van der Waals surface area contributed by atoms with Crippen molar-refractivity contribution in [3.63, 3.8) is 0 Å². The van der Waals surface area contributed by atoms with Gasteiger partial charge in [-0.2, -0.15) is 0 Å². The van der Waals surface area contributed by atoms with E-state index >= 15 is 0 Å². The van der Waals surface area contributed by atoms with Gasteiger partial charge in [-0.25, -0.2) is 17.2 Å². The third-order valence-corrected chi connectivity index (χ3v) is 4.19. The number of nitro groups is 1. The van der Waals surface area contributed by atoms with E-state index in [0.717, 1.165) is 0 Å². The van der Waals surface area contributed by atoms with E-state index in [1.54, 1.807) is 0 Å². The minimum atomic E-state index is -4.29. The van der Waals surface area contributed by atoms with Crippen LogP contribution in [0.1, 0.15) is 6.42 Å². The van der Waals surface area contributed by atoms with Crippen LogP contribution in [0, 0.1) is 21.7 Å². The predicted molar refractivity (Wildman–Crippen MR) is 60.4 cm³/mol. The van der Waals surface area contributed by atoms with Gasteiger partial charge in [-0.1, -0.05) is 0 Å². The molecular formula is C9H8ClF2NO4S. The molecule has 0 saturated carbocycles. The monoisotopic (exact) mass is 299 g/mol. The van der Waals surface area contributed by atoms with Crippen LogP contribution in [-0.4, -0.2) is 25.0 Å². The van der Waals surface area contributed by atoms with Crippen molar-refractivity contribution in [1.29, 1.82) is 0 Å². The molecule has 9 heteroatoms. The SMILES string of the molecule is O=[N+]([O-])c1ccc(F)c(F)c1S(=O)(=O)CCCCl. The summed E-state index contributed by atoms with van der Waals surface area (Å²) >= 11 is 5.30. The van der Waals surface area contributed by atoms with Crippen LogP contribution < -0.4 is 0 Å². The van der Waals surface area contributed by atoms with E-state index < -0.39 is 42.7 Å². The lowest BCUT2D eigenvalue weighted by atomic mass is 10.3. The van der Waals surface area contributed by atoms with E-state index in [0.29, 0.717) is 12.1 Å². The number of nitro benzene ring substituents is 1. The molecule has 0 aliphatic rings. The highest BCUT2D eigenvalue weighted by molar-refractivity contribution is 7.91. The first-order valence-corrected chi connectivity index (χ1v) is 6.91. The van der Waals surface area contributed by atoms with E-state index in [9.17, 15) is 27.3 Å². The quantitative estimate of drug-likeness (QED) is 0.475. The first-order chi connectivity index (χ1) is 8.31. The minimum absolute atomic E-state index is 0.00996. The summed E-state index contributed by atoms with van der Waals surface area (Å²) in [4.78, 5) is 8.33. The van der Waals surface area contributed by atoms with Crippen LogP contribution in [-0.2, 0) is 9.84 Å². The molecule has 0 spiro atoms. The average molecular weight is 300 g/mol. The van der Waals surface area contributed by atoms with Crippen LogP contribution in [0.25, 0.3) is 0 Å². The fourth-order valence-corrected chi connectivity index (χ4v) is 3.16. The number of benzene rings is 1. The second-order valence-electron chi connectivity index (χ2n) is 3.33. The van der Waals surface area contributed by atoms with E-state index in [1.165, 1.54) is 0 Å². The Morgan fingerprint density at radius 1 is 1.33 bits per heavy atom. The molecule has 0 N–H and O–H groups in total. The van der Waals surface area contributed by atoms with E-state index in [2.05, 4.69) is 0 Å². The maximum absolute atomic E-state index is 13.5. The van der Waals surface area contributed by atoms with Gasteiger partial charge in [-0.3, -0.25) is 10.1 Å². The zero-order chi connectivity index (χ0) is 13.9. The van der Waals surface area contributed by atoms with Crippen LogP contribution in [0.2, 0.25) is 0 Å². The summed E-state index contributed by atoms with van der Waals surface area (Å²) in [6.07, 6.45) is -0.0169. The fraction of sp³-hybridized carbons (Fsp3) is 0.333. The van der Waals surface area contributed by atoms with Crippen LogP contribution in [0.15, 0.2) is 17.0 Å². The molecule has 0 fully saturated rings. The summed E-state index contributed by atoms with van der Waals surface area (Å²) in [7, 11) is -4.29. The van der Waals surface area contributed by atoms with Gasteiger partial charge in [-0.05, 0) is 12.5 Å². The first kappa shape index (κ1) is 14.8. The maximum Gasteiger partial charge on any atom is 0.291 e. The number of halogens is 3. The van der Waals surface area contributed by atoms with Crippen molar-refractivity contribution < 1.29 is 22.1 Å². The fourth-order valence-electron chi connectivity index (χ4n) is 1.31. The highest BCUT2D eigenvalue weighted by Crippen LogP contribution is 2.29. The Morgan fingerprint density at radius 3 is 2.44 bits per heavy atom. The van der Waals surface area contributed by atoms with Crippen molar-refractivity contribution in [2.75, 3.05) is 11.6 Å². The maximum atomic E-state index is 13.5. The number of alkyl halides is 1. The molecule has 5 nitrogen and oxygen atoms in total. The van der Waals surface area contributed by atoms with Gasteiger partial charge in [0.1, 0.15) is 0 Å². The molecule has 0 aliphatic heterocycles. The smallest absolute Gasteiger partial charge is 0.258 e. The van der Waals surface area contributed by atoms with Gasteiger partial charge in [0.25, 0.3) is 5.69 Å². The average Bonchev–Trinajstić information content (AvgIpc) is 2.29. The Bertz CT molecular complexity index is 576. The molecule has 0 aromatic heterocycles. The molecular weight excluding hydrogens is 292 g/mol. The lowest BCUT2D eigenvalue weighted by molar-refractivity contribution is -0.388. The largest absolute Gasteiger partial charge is 0.291 e. The molecule has 0 radical (unpaired) electrons. The zero-order valence-corrected chi connectivity index (χ0v) is 10.5. The van der Waals surface area contributed by atoms with Crippen LogP contribution in [0.3, 0.4) is 0 Å². The topological polar surface area (TPSA) is 77.3 Å². The van der Waals surface area contributed by atoms with Gasteiger partial charge in [-0.15, -0.1) is 11.6 Å². The predicted octanol–water partition coefficient (Wildman–Crippen LogP) is 2.28. The van der Waals surface area contributed by atoms with Crippen molar-refractivity contribution in [3.8, 4) is 0 Å². The van der Waals surface area contributed by atoms with E-state index in [-0.39, 0.29) is 12.3 Å². The Kier molecular flexibility index (Phi) is 4.58. The van der Waals surface area contributed by atoms with Crippen molar-refractivity contribution in [2.24, 2.45) is 0 Å². The van der Waals surface area contributed by atoms with Crippen molar-refractivity contribution in [2.45, 2.75) is 11.3 Å². The van der Waals surface area contributed by atoms with E-state index in [1.807, 2.05) is 0 Å². The lowest BCUT2D eigenvalue weighted by Crippen LogP contribution is -2.13. The summed E-state index contributed by atoms with van der Waals surface area (Å²) in [5.41, 5.74) is -0.983. The number of rotatable bonds is 5. The highest BCUT2D eigenvalue weighted by atomic mass is 35.5. The minimum Gasteiger partial charge on any atom is -0.258 e. The number of hydrogen-bond donors (Lipinski definition) is 0. The van der Waals surface area contributed by atoms with Crippen LogP contribution >= 0.6 is 11.6 Å². The molecule has 0 aliphatic carbocycles. The second kappa shape index (κ2) is 5.57. The molecule has 1 rings (SSSR count). The molecule has 0 saturated heterocycles. The van der Waals surface area contributed by atoms with Crippen molar-refractivity contribution in [3.05, 3.63) is 33.9 Å². The zero-order valence-electron chi connectivity index (χ0n) is 8.90. The molecule has 100 valence electrons. The van der Waals surface area contributed by atoms with Gasteiger partial charge in [0.05, 0.1) is 10.7 Å². The van der Waals surface area contributed by atoms with Gasteiger partial charge < -0.3 is 0 Å². The van der Waals surface area contributed by atoms with Crippen LogP contribution in [0.4, 0.5) is 14.5 Å². The summed E-state index contributed by atoms with van der Waals surface area (Å²) in [5, 5.41) is 10.6. The molecule has 0 unspecified atom stereocenters. The number of sulfone groups is 1. The third kappa shape index (κ3) is 2.94. The van der Waals surface area contributed by atoms with Crippen molar-refractivity contribution in [1.82, 2.24) is 0 Å². The molecule has 18 heavy (non-hydrogen) atoms. The van der Waals surface area contributed by atoms with Crippen LogP contribution in [0.5, 0.6) is 0 Å². The highest BCUT2D eigenvalue weighted by Gasteiger charge is 2.31. The Balaban J connectivity index is 3.46. The molecule has 0 atom stereocenters. The lowest BCUT2D eigenvalue weighted by Gasteiger charge is -2.06. The number of hydrogen-bond acceptors (Lipinski definition) is 4. The first-order valence-electron chi connectivity index (χ1n) is 4.72. The normalized spacial score (nSPS) is 11.5. The summed E-state index contributed by atoms with van der Waals surface area (Å²) in [5.74, 6) is -3.79. The standard InChI is InChI=1S/C9H8ClF2NO4S/c10-4-1-5-18(16,17)9-7(13(14)15)3-2-6(11)8(9)12/h2-3H,1,4-5H2. The molecule has 1 aromatic rings. The van der Waals surface area contributed by atoms with E-state index in [4.69, 9.17) is 11.6 Å². The summed E-state index contributed by atoms with van der Waals surface area (Å²) in [6.45, 7) is 0. The van der Waals surface area contributed by atoms with Crippen molar-refractivity contribution >= 4 is 27.1 Å². The van der Waals surface area contributed by atoms with Gasteiger partial charge in [0.15, 0.2) is 26.4 Å². The molecule has 0 bridgehead atoms. The van der Waals surface area contributed by atoms with Gasteiger partial charge in [0, 0.05) is 11.9 Å². The molecule has 0 heterocycles. The third-order valence-electron chi connectivity index (χ3n) is 2.08. The van der Waals surface area contributed by atoms with Gasteiger partial charge >= 0.3 is 0 Å².